The molecule has 0 aliphatic heterocycles. The summed E-state index contributed by atoms with van der Waals surface area (Å²) in [5.74, 6) is -0.0109. The van der Waals surface area contributed by atoms with Crippen molar-refractivity contribution in [2.75, 3.05) is 0 Å². The number of benzene rings is 1. The van der Waals surface area contributed by atoms with Gasteiger partial charge in [0.1, 0.15) is 0 Å². The summed E-state index contributed by atoms with van der Waals surface area (Å²) >= 11 is 0. The predicted octanol–water partition coefficient (Wildman–Crippen LogP) is 1.88. The Morgan fingerprint density at radius 3 is 2.89 bits per heavy atom. The highest BCUT2D eigenvalue weighted by Crippen LogP contribution is 2.16. The van der Waals surface area contributed by atoms with Gasteiger partial charge in [-0.3, -0.25) is 0 Å². The molecular formula is C13H14N4O2. The van der Waals surface area contributed by atoms with Gasteiger partial charge in [0, 0.05) is 12.0 Å². The van der Waals surface area contributed by atoms with E-state index in [0.717, 1.165) is 23.2 Å². The molecule has 1 N–H and O–H groups in total. The molecule has 0 spiro atoms. The molecule has 2 aromatic rings. The van der Waals surface area contributed by atoms with Crippen molar-refractivity contribution in [2.45, 2.75) is 19.8 Å². The Morgan fingerprint density at radius 1 is 1.42 bits per heavy atom. The Hall–Kier alpha value is -2.50. The van der Waals surface area contributed by atoms with Crippen LogP contribution in [0, 0.1) is 0 Å². The number of rotatable bonds is 4. The van der Waals surface area contributed by atoms with Gasteiger partial charge in [-0.25, -0.2) is 4.79 Å². The Balaban J connectivity index is 2.38. The van der Waals surface area contributed by atoms with Crippen molar-refractivity contribution in [3.8, 4) is 5.69 Å². The molecule has 0 aliphatic rings. The minimum absolute atomic E-state index is 0.202. The fourth-order valence-corrected chi connectivity index (χ4v) is 1.67. The van der Waals surface area contributed by atoms with Gasteiger partial charge in [-0.1, -0.05) is 26.0 Å². The third-order valence-electron chi connectivity index (χ3n) is 2.54. The van der Waals surface area contributed by atoms with Crippen molar-refractivity contribution in [3.63, 3.8) is 0 Å². The summed E-state index contributed by atoms with van der Waals surface area (Å²) in [4.78, 5) is 10.5. The van der Waals surface area contributed by atoms with Crippen molar-refractivity contribution in [1.82, 2.24) is 20.2 Å². The number of aromatic nitrogens is 4. The van der Waals surface area contributed by atoms with Crippen molar-refractivity contribution in [3.05, 3.63) is 41.7 Å². The predicted molar refractivity (Wildman–Crippen MR) is 69.9 cm³/mol. The Bertz CT molecular complexity index is 617. The maximum absolute atomic E-state index is 10.5. The monoisotopic (exact) mass is 258 g/mol. The molecule has 98 valence electrons. The first-order chi connectivity index (χ1) is 9.08. The van der Waals surface area contributed by atoms with Crippen molar-refractivity contribution in [2.24, 2.45) is 0 Å². The summed E-state index contributed by atoms with van der Waals surface area (Å²) in [6, 6.07) is 7.37. The topological polar surface area (TPSA) is 80.9 Å². The number of hydrogen-bond donors (Lipinski definition) is 1. The third kappa shape index (κ3) is 3.04. The van der Waals surface area contributed by atoms with Crippen LogP contribution in [0.3, 0.4) is 0 Å². The average molecular weight is 258 g/mol. The minimum atomic E-state index is -0.976. The number of carboxylic acids is 1. The third-order valence-corrected chi connectivity index (χ3v) is 2.54. The van der Waals surface area contributed by atoms with Crippen LogP contribution in [-0.4, -0.2) is 31.3 Å². The maximum Gasteiger partial charge on any atom is 0.328 e. The maximum atomic E-state index is 10.5. The number of carbonyl (C=O) groups is 1. The van der Waals surface area contributed by atoms with E-state index >= 15 is 0 Å². The van der Waals surface area contributed by atoms with Crippen molar-refractivity contribution < 1.29 is 9.90 Å². The zero-order valence-corrected chi connectivity index (χ0v) is 10.7. The van der Waals surface area contributed by atoms with E-state index in [4.69, 9.17) is 5.11 Å². The van der Waals surface area contributed by atoms with Crippen LogP contribution in [-0.2, 0) is 4.79 Å². The van der Waals surface area contributed by atoms with E-state index in [1.54, 1.807) is 4.68 Å². The van der Waals surface area contributed by atoms with Gasteiger partial charge < -0.3 is 5.11 Å². The molecule has 0 saturated heterocycles. The van der Waals surface area contributed by atoms with E-state index < -0.39 is 5.97 Å². The van der Waals surface area contributed by atoms with Gasteiger partial charge in [-0.2, -0.15) is 4.68 Å². The van der Waals surface area contributed by atoms with Gasteiger partial charge in [0.25, 0.3) is 0 Å². The highest BCUT2D eigenvalue weighted by Gasteiger charge is 2.11. The molecule has 0 radical (unpaired) electrons. The SMILES string of the molecule is CC(C)c1nnnn1-c1cccc(/C=C/C(=O)O)c1. The lowest BCUT2D eigenvalue weighted by Crippen LogP contribution is -2.04. The van der Waals surface area contributed by atoms with Crippen LogP contribution >= 0.6 is 0 Å². The van der Waals surface area contributed by atoms with Gasteiger partial charge >= 0.3 is 5.97 Å². The second-order valence-electron chi connectivity index (χ2n) is 4.37. The fourth-order valence-electron chi connectivity index (χ4n) is 1.67. The Kier molecular flexibility index (Phi) is 3.70. The Labute approximate surface area is 110 Å². The van der Waals surface area contributed by atoms with Crippen molar-refractivity contribution >= 4 is 12.0 Å². The van der Waals surface area contributed by atoms with E-state index in [1.807, 2.05) is 38.1 Å². The number of aliphatic carboxylic acids is 1. The van der Waals surface area contributed by atoms with Crippen LogP contribution in [0.5, 0.6) is 0 Å². The number of hydrogen-bond acceptors (Lipinski definition) is 4. The lowest BCUT2D eigenvalue weighted by atomic mass is 10.1. The lowest BCUT2D eigenvalue weighted by molar-refractivity contribution is -0.131. The van der Waals surface area contributed by atoms with Crippen LogP contribution in [0.25, 0.3) is 11.8 Å². The second-order valence-corrected chi connectivity index (χ2v) is 4.37. The van der Waals surface area contributed by atoms with Crippen molar-refractivity contribution in [1.29, 1.82) is 0 Å². The largest absolute Gasteiger partial charge is 0.478 e. The molecule has 0 amide bonds. The first kappa shape index (κ1) is 12.9. The standard InChI is InChI=1S/C13H14N4O2/c1-9(2)13-14-15-16-17(13)11-5-3-4-10(8-11)6-7-12(18)19/h3-9H,1-2H3,(H,18,19)/b7-6+. The van der Waals surface area contributed by atoms with Gasteiger partial charge in [0.2, 0.25) is 0 Å². The van der Waals surface area contributed by atoms with Crippen LogP contribution < -0.4 is 0 Å². The van der Waals surface area contributed by atoms with Gasteiger partial charge in [-0.05, 0) is 34.2 Å². The van der Waals surface area contributed by atoms with Gasteiger partial charge in [0.15, 0.2) is 5.82 Å². The van der Waals surface area contributed by atoms with E-state index in [1.165, 1.54) is 6.08 Å². The molecule has 2 rings (SSSR count). The van der Waals surface area contributed by atoms with E-state index in [9.17, 15) is 4.79 Å². The quantitative estimate of drug-likeness (QED) is 0.847. The first-order valence-corrected chi connectivity index (χ1v) is 5.87. The molecule has 6 heteroatoms. The molecule has 0 saturated carbocycles. The molecule has 6 nitrogen and oxygen atoms in total. The number of carboxylic acid groups (broad SMARTS) is 1. The van der Waals surface area contributed by atoms with Crippen LogP contribution in [0.1, 0.15) is 31.2 Å². The smallest absolute Gasteiger partial charge is 0.328 e. The molecule has 1 heterocycles. The second kappa shape index (κ2) is 5.43. The summed E-state index contributed by atoms with van der Waals surface area (Å²) in [5, 5.41) is 20.2. The Morgan fingerprint density at radius 2 is 2.21 bits per heavy atom. The zero-order valence-electron chi connectivity index (χ0n) is 10.7. The van der Waals surface area contributed by atoms with E-state index in [0.29, 0.717) is 0 Å². The van der Waals surface area contributed by atoms with Gasteiger partial charge in [0.05, 0.1) is 5.69 Å². The summed E-state index contributed by atoms with van der Waals surface area (Å²) in [7, 11) is 0. The summed E-state index contributed by atoms with van der Waals surface area (Å²) < 4.78 is 1.66. The molecule has 0 atom stereocenters. The highest BCUT2D eigenvalue weighted by molar-refractivity contribution is 5.85. The average Bonchev–Trinajstić information content (AvgIpc) is 2.86. The normalized spacial score (nSPS) is 11.3. The van der Waals surface area contributed by atoms with Gasteiger partial charge in [-0.15, -0.1) is 5.10 Å². The number of tetrazole rings is 1. The molecule has 0 unspecified atom stereocenters. The molecule has 19 heavy (non-hydrogen) atoms. The molecule has 0 aliphatic carbocycles. The molecule has 1 aromatic heterocycles. The first-order valence-electron chi connectivity index (χ1n) is 5.87. The lowest BCUT2D eigenvalue weighted by Gasteiger charge is -2.07. The summed E-state index contributed by atoms with van der Waals surface area (Å²) in [6.07, 6.45) is 2.63. The van der Waals surface area contributed by atoms with Crippen LogP contribution in [0.15, 0.2) is 30.3 Å². The molecule has 0 fully saturated rings. The fraction of sp³-hybridized carbons (Fsp3) is 0.231. The highest BCUT2D eigenvalue weighted by atomic mass is 16.4. The van der Waals surface area contributed by atoms with Crippen LogP contribution in [0.4, 0.5) is 0 Å². The van der Waals surface area contributed by atoms with E-state index in [-0.39, 0.29) is 5.92 Å². The molecule has 1 aromatic carbocycles. The molecular weight excluding hydrogens is 244 g/mol. The zero-order chi connectivity index (χ0) is 13.8. The summed E-state index contributed by atoms with van der Waals surface area (Å²) in [5.41, 5.74) is 1.59. The minimum Gasteiger partial charge on any atom is -0.478 e. The number of nitrogens with zero attached hydrogens (tertiary/aromatic N) is 4. The molecule has 0 bridgehead atoms. The van der Waals surface area contributed by atoms with Crippen LogP contribution in [0.2, 0.25) is 0 Å². The van der Waals surface area contributed by atoms with E-state index in [2.05, 4.69) is 15.5 Å². The summed E-state index contributed by atoms with van der Waals surface area (Å²) in [6.45, 7) is 4.02.